The molecule has 0 fully saturated rings. The number of nitrogens with zero attached hydrogens (tertiary/aromatic N) is 8. The zero-order chi connectivity index (χ0) is 58.4. The molecule has 0 saturated carbocycles. The van der Waals surface area contributed by atoms with Gasteiger partial charge < -0.3 is 4.57 Å². The summed E-state index contributed by atoms with van der Waals surface area (Å²) in [5, 5.41) is 12.7. The van der Waals surface area contributed by atoms with Crippen molar-refractivity contribution in [3.63, 3.8) is 0 Å². The van der Waals surface area contributed by atoms with Gasteiger partial charge in [0, 0.05) is 44.2 Å². The molecule has 410 valence electrons. The summed E-state index contributed by atoms with van der Waals surface area (Å²) in [6.45, 7) is 40.4. The molecule has 0 saturated heterocycles. The highest BCUT2D eigenvalue weighted by atomic mass is 15.1. The highest BCUT2D eigenvalue weighted by Gasteiger charge is 2.27. The zero-order valence-corrected chi connectivity index (χ0v) is 50.9. The Morgan fingerprint density at radius 2 is 0.667 bits per heavy atom. The first-order valence-electron chi connectivity index (χ1n) is 28.5. The van der Waals surface area contributed by atoms with Gasteiger partial charge in [-0.15, -0.1) is 0 Å². The van der Waals surface area contributed by atoms with E-state index in [9.17, 15) is 5.26 Å². The standard InChI is InChI=1S/C73H78N8/c1-68(2,3)50-29-24-45(25-30-50)62-75-63(46-26-31-51(32-27-46)69(4,5)6)77-64(76-62)47-28-34-60-57(40-47)56-21-19-20-22-59(56)81(60)61-33-23-44(43-74)35-58(61)67-79-65(48-36-52(70(7,8)9)41-53(37-48)71(10,11)12)78-66(80-67)49-38-54(72(13,14)15)42-55(39-49)73(16,17)18/h19-42H,1-18H3. The van der Waals surface area contributed by atoms with E-state index in [0.29, 0.717) is 46.1 Å². The molecule has 3 heterocycles. The maximum Gasteiger partial charge on any atom is 0.166 e. The topological polar surface area (TPSA) is 106 Å². The van der Waals surface area contributed by atoms with Crippen LogP contribution in [0.4, 0.5) is 0 Å². The van der Waals surface area contributed by atoms with Crippen LogP contribution in [0.2, 0.25) is 0 Å². The predicted octanol–water partition coefficient (Wildman–Crippen LogP) is 18.8. The second kappa shape index (κ2) is 20.1. The lowest BCUT2D eigenvalue weighted by Crippen LogP contribution is -2.17. The van der Waals surface area contributed by atoms with E-state index in [-0.39, 0.29) is 32.5 Å². The molecule has 3 aromatic heterocycles. The summed E-state index contributed by atoms with van der Waals surface area (Å²) in [6, 6.07) is 54.1. The fraction of sp³-hybridized carbons (Fsp3) is 0.329. The highest BCUT2D eigenvalue weighted by Crippen LogP contribution is 2.41. The third-order valence-electron chi connectivity index (χ3n) is 15.7. The molecule has 0 atom stereocenters. The third kappa shape index (κ3) is 11.5. The Morgan fingerprint density at radius 3 is 1.07 bits per heavy atom. The molecule has 0 radical (unpaired) electrons. The molecule has 7 aromatic carbocycles. The smallest absolute Gasteiger partial charge is 0.166 e. The van der Waals surface area contributed by atoms with E-state index in [1.807, 2.05) is 18.2 Å². The number of para-hydroxylation sites is 1. The van der Waals surface area contributed by atoms with Gasteiger partial charge in [0.1, 0.15) is 0 Å². The van der Waals surface area contributed by atoms with Crippen LogP contribution >= 0.6 is 0 Å². The Kier molecular flexibility index (Phi) is 14.0. The van der Waals surface area contributed by atoms with Crippen molar-refractivity contribution in [1.82, 2.24) is 34.5 Å². The van der Waals surface area contributed by atoms with Crippen molar-refractivity contribution in [1.29, 1.82) is 5.26 Å². The van der Waals surface area contributed by atoms with Gasteiger partial charge in [-0.3, -0.25) is 0 Å². The van der Waals surface area contributed by atoms with Crippen LogP contribution in [-0.2, 0) is 32.5 Å². The van der Waals surface area contributed by atoms with Gasteiger partial charge in [-0.1, -0.05) is 203 Å². The van der Waals surface area contributed by atoms with Crippen LogP contribution in [0.5, 0.6) is 0 Å². The van der Waals surface area contributed by atoms with Crippen molar-refractivity contribution in [3.05, 3.63) is 185 Å². The van der Waals surface area contributed by atoms with Gasteiger partial charge in [0.15, 0.2) is 34.9 Å². The highest BCUT2D eigenvalue weighted by molar-refractivity contribution is 6.11. The van der Waals surface area contributed by atoms with E-state index in [1.54, 1.807) is 0 Å². The molecule has 0 N–H and O–H groups in total. The third-order valence-corrected chi connectivity index (χ3v) is 15.7. The first-order valence-corrected chi connectivity index (χ1v) is 28.5. The molecule has 10 rings (SSSR count). The number of benzene rings is 7. The van der Waals surface area contributed by atoms with Gasteiger partial charge in [0.2, 0.25) is 0 Å². The molecule has 0 spiro atoms. The Hall–Kier alpha value is -8.15. The monoisotopic (exact) mass is 1070 g/mol. The Bertz CT molecular complexity index is 3860. The minimum Gasteiger partial charge on any atom is -0.308 e. The first-order chi connectivity index (χ1) is 37.8. The zero-order valence-electron chi connectivity index (χ0n) is 50.9. The van der Waals surface area contributed by atoms with Crippen molar-refractivity contribution < 1.29 is 0 Å². The lowest BCUT2D eigenvalue weighted by atomic mass is 9.79. The Morgan fingerprint density at radius 1 is 0.309 bits per heavy atom. The maximum absolute atomic E-state index is 10.7. The van der Waals surface area contributed by atoms with Gasteiger partial charge in [0.25, 0.3) is 0 Å². The fourth-order valence-corrected chi connectivity index (χ4v) is 10.4. The average molecular weight is 1070 g/mol. The number of nitriles is 1. The van der Waals surface area contributed by atoms with E-state index in [4.69, 9.17) is 29.9 Å². The van der Waals surface area contributed by atoms with E-state index in [1.165, 1.54) is 33.4 Å². The van der Waals surface area contributed by atoms with Crippen molar-refractivity contribution in [2.45, 2.75) is 157 Å². The van der Waals surface area contributed by atoms with Crippen molar-refractivity contribution in [2.24, 2.45) is 0 Å². The van der Waals surface area contributed by atoms with Crippen LogP contribution in [0.25, 0.3) is 95.8 Å². The second-order valence-electron chi connectivity index (χ2n) is 28.3. The number of hydrogen-bond acceptors (Lipinski definition) is 7. The molecule has 81 heavy (non-hydrogen) atoms. The largest absolute Gasteiger partial charge is 0.308 e. The van der Waals surface area contributed by atoms with Crippen molar-refractivity contribution in [3.8, 4) is 80.1 Å². The van der Waals surface area contributed by atoms with Crippen LogP contribution < -0.4 is 0 Å². The van der Waals surface area contributed by atoms with E-state index < -0.39 is 0 Å². The van der Waals surface area contributed by atoms with Gasteiger partial charge in [-0.2, -0.15) is 5.26 Å². The first kappa shape index (κ1) is 56.1. The second-order valence-corrected chi connectivity index (χ2v) is 28.3. The quantitative estimate of drug-likeness (QED) is 0.156. The van der Waals surface area contributed by atoms with Gasteiger partial charge in [-0.05, 0) is 133 Å². The molecule has 10 aromatic rings. The van der Waals surface area contributed by atoms with Crippen molar-refractivity contribution >= 4 is 21.8 Å². The normalized spacial score (nSPS) is 12.8. The van der Waals surface area contributed by atoms with Crippen LogP contribution in [0.1, 0.15) is 164 Å². The summed E-state index contributed by atoms with van der Waals surface area (Å²) in [5.41, 5.74) is 15.2. The molecule has 0 aliphatic heterocycles. The summed E-state index contributed by atoms with van der Waals surface area (Å²) in [5.74, 6) is 3.39. The molecule has 8 nitrogen and oxygen atoms in total. The van der Waals surface area contributed by atoms with Crippen LogP contribution in [-0.4, -0.2) is 34.5 Å². The number of rotatable bonds is 7. The summed E-state index contributed by atoms with van der Waals surface area (Å²) in [6.07, 6.45) is 0. The summed E-state index contributed by atoms with van der Waals surface area (Å²) >= 11 is 0. The van der Waals surface area contributed by atoms with Gasteiger partial charge >= 0.3 is 0 Å². The van der Waals surface area contributed by atoms with Gasteiger partial charge in [-0.25, -0.2) is 29.9 Å². The summed E-state index contributed by atoms with van der Waals surface area (Å²) in [4.78, 5) is 32.0. The van der Waals surface area contributed by atoms with Crippen LogP contribution in [0, 0.1) is 11.3 Å². The lowest BCUT2D eigenvalue weighted by molar-refractivity contribution is 0.568. The van der Waals surface area contributed by atoms with Crippen LogP contribution in [0.3, 0.4) is 0 Å². The molecule has 0 amide bonds. The number of aromatic nitrogens is 7. The van der Waals surface area contributed by atoms with E-state index in [0.717, 1.165) is 55.3 Å². The van der Waals surface area contributed by atoms with E-state index >= 15 is 0 Å². The molecule has 0 aliphatic carbocycles. The molecule has 0 bridgehead atoms. The minimum atomic E-state index is -0.146. The molecule has 0 unspecified atom stereocenters. The van der Waals surface area contributed by atoms with Gasteiger partial charge in [0.05, 0.1) is 28.4 Å². The minimum absolute atomic E-state index is 0.00268. The average Bonchev–Trinajstić information content (AvgIpc) is 3.76. The molecule has 0 aliphatic rings. The summed E-state index contributed by atoms with van der Waals surface area (Å²) in [7, 11) is 0. The maximum atomic E-state index is 10.7. The Labute approximate surface area is 480 Å². The predicted molar refractivity (Wildman–Crippen MR) is 337 cm³/mol. The molecular weight excluding hydrogens is 989 g/mol. The number of hydrogen-bond donors (Lipinski definition) is 0. The van der Waals surface area contributed by atoms with Crippen molar-refractivity contribution in [2.75, 3.05) is 0 Å². The fourth-order valence-electron chi connectivity index (χ4n) is 10.4. The molecule has 8 heteroatoms. The lowest BCUT2D eigenvalue weighted by Gasteiger charge is -2.26. The summed E-state index contributed by atoms with van der Waals surface area (Å²) < 4.78 is 2.28. The number of fused-ring (bicyclic) bond motifs is 3. The van der Waals surface area contributed by atoms with E-state index in [2.05, 4.69) is 263 Å². The Balaban J connectivity index is 1.21. The van der Waals surface area contributed by atoms with Crippen LogP contribution in [0.15, 0.2) is 146 Å². The SMILES string of the molecule is CC(C)(C)c1ccc(-c2nc(-c3ccc(C(C)(C)C)cc3)nc(-c3ccc4c(c3)c3ccccc3n4-c3ccc(C#N)cc3-c3nc(-c4cc(C(C)(C)C)cc(C(C)(C)C)c4)nc(-c4cc(C(C)(C)C)cc(C(C)(C)C)c4)n3)n2)cc1. The molecular formula is C73H78N8.